The summed E-state index contributed by atoms with van der Waals surface area (Å²) in [6.45, 7) is 1.18. The van der Waals surface area contributed by atoms with Crippen LogP contribution >= 0.6 is 0 Å². The van der Waals surface area contributed by atoms with E-state index in [0.717, 1.165) is 12.3 Å². The highest BCUT2D eigenvalue weighted by Gasteiger charge is 2.34. The fourth-order valence-corrected chi connectivity index (χ4v) is 4.17. The predicted molar refractivity (Wildman–Crippen MR) is 122 cm³/mol. The highest BCUT2D eigenvalue weighted by atomic mass is 19.1. The third-order valence-electron chi connectivity index (χ3n) is 5.94. The smallest absolute Gasteiger partial charge is 0.341 e. The Bertz CT molecular complexity index is 1430. The number of urea groups is 1. The van der Waals surface area contributed by atoms with Gasteiger partial charge in [-0.3, -0.25) is 0 Å². The molecule has 13 heteroatoms. The van der Waals surface area contributed by atoms with Crippen molar-refractivity contribution in [2.24, 2.45) is 5.10 Å². The summed E-state index contributed by atoms with van der Waals surface area (Å²) in [5.41, 5.74) is 0.981. The molecule has 180 valence electrons. The van der Waals surface area contributed by atoms with E-state index in [9.17, 15) is 13.6 Å². The molecule has 1 saturated heterocycles. The van der Waals surface area contributed by atoms with Gasteiger partial charge in [-0.15, -0.1) is 0 Å². The van der Waals surface area contributed by atoms with Crippen LogP contribution in [0, 0.1) is 34.3 Å². The number of aromatic nitrogens is 4. The lowest BCUT2D eigenvalue weighted by Crippen LogP contribution is -2.52. The Morgan fingerprint density at radius 2 is 1.81 bits per heavy atom. The molecule has 11 nitrogen and oxygen atoms in total. The van der Waals surface area contributed by atoms with Gasteiger partial charge in [-0.25, -0.2) is 28.3 Å². The number of hydrogen-bond donors (Lipinski definition) is 0. The molecule has 2 aromatic heterocycles. The predicted octanol–water partition coefficient (Wildman–Crippen LogP) is 2.36. The molecule has 36 heavy (non-hydrogen) atoms. The molecule has 2 aliphatic heterocycles. The van der Waals surface area contributed by atoms with Crippen LogP contribution in [0.4, 0.5) is 19.4 Å². The summed E-state index contributed by atoms with van der Waals surface area (Å²) in [6, 6.07) is 6.99. The van der Waals surface area contributed by atoms with Crippen LogP contribution in [0.2, 0.25) is 0 Å². The number of nitriles is 2. The van der Waals surface area contributed by atoms with E-state index in [2.05, 4.69) is 20.2 Å². The van der Waals surface area contributed by atoms with Crippen molar-refractivity contribution < 1.29 is 13.6 Å². The molecule has 3 aromatic rings. The van der Waals surface area contributed by atoms with Crippen molar-refractivity contribution in [3.05, 3.63) is 65.1 Å². The number of hydrogen-bond acceptors (Lipinski definition) is 8. The Hall–Kier alpha value is -4.91. The van der Waals surface area contributed by atoms with E-state index in [1.165, 1.54) is 28.2 Å². The Morgan fingerprint density at radius 3 is 2.53 bits per heavy atom. The zero-order valence-corrected chi connectivity index (χ0v) is 18.8. The van der Waals surface area contributed by atoms with E-state index < -0.39 is 17.7 Å². The van der Waals surface area contributed by atoms with Gasteiger partial charge in [0, 0.05) is 38.8 Å². The summed E-state index contributed by atoms with van der Waals surface area (Å²) in [6.07, 6.45) is 5.83. The summed E-state index contributed by atoms with van der Waals surface area (Å²) in [5, 5.41) is 27.6. The molecule has 0 N–H and O–H groups in total. The van der Waals surface area contributed by atoms with Crippen molar-refractivity contribution in [2.75, 3.05) is 31.1 Å². The van der Waals surface area contributed by atoms with E-state index >= 15 is 0 Å². The molecule has 2 aliphatic rings. The van der Waals surface area contributed by atoms with Crippen LogP contribution < -0.4 is 4.90 Å². The number of hydrazone groups is 1. The van der Waals surface area contributed by atoms with Gasteiger partial charge in [0.1, 0.15) is 11.9 Å². The number of carbonyl (C=O) groups excluding carboxylic acids is 1. The highest BCUT2D eigenvalue weighted by molar-refractivity contribution is 5.79. The van der Waals surface area contributed by atoms with Crippen LogP contribution in [0.25, 0.3) is 5.95 Å². The van der Waals surface area contributed by atoms with Crippen LogP contribution in [0.5, 0.6) is 0 Å². The normalized spacial score (nSPS) is 17.2. The minimum Gasteiger partial charge on any atom is -0.350 e. The maximum atomic E-state index is 14.6. The Labute approximate surface area is 204 Å². The Kier molecular flexibility index (Phi) is 5.96. The standard InChI is InChI=1S/C23H18F2N10O/c24-18-8-15(10-26)7-17(9-18)20-1-2-29-35(20)23(36)33-5-3-32(4-6-33)21-19(25)13-28-22(31-21)34-14-16(11-27)12-30-34/h2,7-9,12-14,20H,1,3-6H2/t20-/m0/s1. The topological polar surface area (TPSA) is 130 Å². The number of carbonyl (C=O) groups is 1. The lowest BCUT2D eigenvalue weighted by Gasteiger charge is -2.37. The Balaban J connectivity index is 1.28. The van der Waals surface area contributed by atoms with Gasteiger partial charge in [0.25, 0.3) is 5.95 Å². The molecule has 0 bridgehead atoms. The Morgan fingerprint density at radius 1 is 1.03 bits per heavy atom. The SMILES string of the molecule is N#Cc1cc(F)cc([C@@H]2CC=NN2C(=O)N2CCN(c3nc(-n4cc(C#N)cn4)ncc3F)CC2)c1. The van der Waals surface area contributed by atoms with Gasteiger partial charge in [0.2, 0.25) is 0 Å². The second-order valence-corrected chi connectivity index (χ2v) is 8.16. The summed E-state index contributed by atoms with van der Waals surface area (Å²) < 4.78 is 29.8. The second-order valence-electron chi connectivity index (χ2n) is 8.16. The van der Waals surface area contributed by atoms with Gasteiger partial charge in [0.15, 0.2) is 11.6 Å². The van der Waals surface area contributed by atoms with Crippen molar-refractivity contribution in [3.63, 3.8) is 0 Å². The molecule has 0 unspecified atom stereocenters. The molecule has 5 rings (SSSR count). The van der Waals surface area contributed by atoms with E-state index in [4.69, 9.17) is 10.5 Å². The van der Waals surface area contributed by atoms with Crippen molar-refractivity contribution in [3.8, 4) is 18.1 Å². The van der Waals surface area contributed by atoms with Crippen molar-refractivity contribution in [2.45, 2.75) is 12.5 Å². The number of anilines is 1. The number of amides is 2. The van der Waals surface area contributed by atoms with Crippen LogP contribution in [0.15, 0.2) is 41.9 Å². The first-order valence-electron chi connectivity index (χ1n) is 11.0. The molecule has 0 radical (unpaired) electrons. The molecule has 1 aromatic carbocycles. The highest BCUT2D eigenvalue weighted by Crippen LogP contribution is 2.31. The van der Waals surface area contributed by atoms with Gasteiger partial charge < -0.3 is 9.80 Å². The molecule has 0 spiro atoms. The van der Waals surface area contributed by atoms with Crippen LogP contribution in [-0.4, -0.2) is 68.1 Å². The summed E-state index contributed by atoms with van der Waals surface area (Å²) in [7, 11) is 0. The largest absolute Gasteiger partial charge is 0.350 e. The summed E-state index contributed by atoms with van der Waals surface area (Å²) in [5.74, 6) is -0.980. The van der Waals surface area contributed by atoms with Crippen molar-refractivity contribution >= 4 is 18.1 Å². The second kappa shape index (κ2) is 9.38. The fraction of sp³-hybridized carbons (Fsp3) is 0.261. The minimum absolute atomic E-state index is 0.0713. The van der Waals surface area contributed by atoms with E-state index in [1.54, 1.807) is 22.1 Å². The van der Waals surface area contributed by atoms with Gasteiger partial charge in [-0.1, -0.05) is 0 Å². The molecule has 0 aliphatic carbocycles. The average molecular weight is 488 g/mol. The van der Waals surface area contributed by atoms with E-state index in [-0.39, 0.29) is 36.5 Å². The first kappa shape index (κ1) is 22.9. The lowest BCUT2D eigenvalue weighted by atomic mass is 10.0. The minimum atomic E-state index is -0.616. The maximum absolute atomic E-state index is 14.6. The van der Waals surface area contributed by atoms with Gasteiger partial charge in [-0.05, 0) is 23.8 Å². The van der Waals surface area contributed by atoms with Crippen LogP contribution in [-0.2, 0) is 0 Å². The van der Waals surface area contributed by atoms with Gasteiger partial charge >= 0.3 is 6.03 Å². The third kappa shape index (κ3) is 4.30. The summed E-state index contributed by atoms with van der Waals surface area (Å²) >= 11 is 0. The van der Waals surface area contributed by atoms with E-state index in [0.29, 0.717) is 30.6 Å². The third-order valence-corrected chi connectivity index (χ3v) is 5.94. The number of nitrogens with zero attached hydrogens (tertiary/aromatic N) is 10. The average Bonchev–Trinajstić information content (AvgIpc) is 3.58. The molecule has 1 atom stereocenters. The summed E-state index contributed by atoms with van der Waals surface area (Å²) in [4.78, 5) is 24.7. The number of halogens is 2. The van der Waals surface area contributed by atoms with E-state index in [1.807, 2.05) is 12.1 Å². The quantitative estimate of drug-likeness (QED) is 0.553. The van der Waals surface area contributed by atoms with Crippen LogP contribution in [0.3, 0.4) is 0 Å². The molecule has 0 saturated carbocycles. The molecule has 4 heterocycles. The molecule has 2 amide bonds. The fourth-order valence-electron chi connectivity index (χ4n) is 4.17. The van der Waals surface area contributed by atoms with Crippen molar-refractivity contribution in [1.82, 2.24) is 29.7 Å². The van der Waals surface area contributed by atoms with Gasteiger partial charge in [0.05, 0.1) is 41.8 Å². The zero-order valence-electron chi connectivity index (χ0n) is 18.8. The van der Waals surface area contributed by atoms with Crippen LogP contribution in [0.1, 0.15) is 29.2 Å². The maximum Gasteiger partial charge on any atom is 0.341 e. The number of piperazine rings is 1. The van der Waals surface area contributed by atoms with Crippen molar-refractivity contribution in [1.29, 1.82) is 10.5 Å². The zero-order chi connectivity index (χ0) is 25.2. The molecule has 1 fully saturated rings. The first-order chi connectivity index (χ1) is 17.5. The van der Waals surface area contributed by atoms with Gasteiger partial charge in [-0.2, -0.15) is 25.7 Å². The first-order valence-corrected chi connectivity index (χ1v) is 11.0. The lowest BCUT2D eigenvalue weighted by molar-refractivity contribution is 0.139. The number of benzene rings is 1. The monoisotopic (exact) mass is 488 g/mol. The number of rotatable bonds is 3. The molecular formula is C23H18F2N10O. The molecular weight excluding hydrogens is 470 g/mol.